The molecule has 0 spiro atoms. The van der Waals surface area contributed by atoms with Gasteiger partial charge in [0.25, 0.3) is 5.92 Å². The van der Waals surface area contributed by atoms with E-state index in [1.54, 1.807) is 54.6 Å². The maximum Gasteiger partial charge on any atom is 0.291 e. The zero-order valence-electron chi connectivity index (χ0n) is 23.5. The van der Waals surface area contributed by atoms with E-state index < -0.39 is 29.3 Å². The molecule has 1 fully saturated rings. The number of para-hydroxylation sites is 2. The van der Waals surface area contributed by atoms with Gasteiger partial charge in [0, 0.05) is 49.3 Å². The first-order chi connectivity index (χ1) is 20.7. The van der Waals surface area contributed by atoms with E-state index in [0.717, 1.165) is 48.8 Å². The maximum atomic E-state index is 14.7. The van der Waals surface area contributed by atoms with Gasteiger partial charge in [0.2, 0.25) is 11.8 Å². The zero-order chi connectivity index (χ0) is 30.8. The molecule has 0 aromatic heterocycles. The lowest BCUT2D eigenvalue weighted by atomic mass is 10.0. The van der Waals surface area contributed by atoms with E-state index in [1.165, 1.54) is 6.08 Å². The molecule has 43 heavy (non-hydrogen) atoms. The summed E-state index contributed by atoms with van der Waals surface area (Å²) in [6.45, 7) is 6.24. The van der Waals surface area contributed by atoms with E-state index in [0.29, 0.717) is 35.6 Å². The van der Waals surface area contributed by atoms with Gasteiger partial charge in [-0.2, -0.15) is 20.5 Å². The predicted molar refractivity (Wildman–Crippen MR) is 169 cm³/mol. The van der Waals surface area contributed by atoms with Crippen LogP contribution >= 0.6 is 11.8 Å². The van der Waals surface area contributed by atoms with E-state index in [4.69, 9.17) is 5.73 Å². The van der Waals surface area contributed by atoms with Gasteiger partial charge < -0.3 is 26.6 Å². The van der Waals surface area contributed by atoms with Gasteiger partial charge in [-0.05, 0) is 47.5 Å². The van der Waals surface area contributed by atoms with Crippen LogP contribution in [0, 0.1) is 5.82 Å². The standard InChI is InChI=1S/C32H34F3N5O2S/c1-2-32(34,35)24-12-13-27(25(33)21-24)39-31(42)30(37-15-16-40-17-19-43-20-18-40)23-10-7-22(8-11-23)9-14-29(41)38-28-6-4-3-5-26(28)36/h2-14,21,30,37H,1,15-20,36H2,(H,38,41)(H,39,42)/b14-9+. The highest BCUT2D eigenvalue weighted by Crippen LogP contribution is 2.31. The number of rotatable bonds is 12. The largest absolute Gasteiger partial charge is 0.397 e. The number of alkyl halides is 2. The first-order valence-corrected chi connectivity index (χ1v) is 14.9. The Hall–Kier alpha value is -4.06. The third-order valence-electron chi connectivity index (χ3n) is 6.93. The highest BCUT2D eigenvalue weighted by Gasteiger charge is 2.29. The van der Waals surface area contributed by atoms with Crippen molar-refractivity contribution in [3.63, 3.8) is 0 Å². The summed E-state index contributed by atoms with van der Waals surface area (Å²) >= 11 is 1.90. The van der Waals surface area contributed by atoms with Gasteiger partial charge >= 0.3 is 0 Å². The van der Waals surface area contributed by atoms with E-state index in [9.17, 15) is 22.8 Å². The van der Waals surface area contributed by atoms with Crippen molar-refractivity contribution in [3.05, 3.63) is 108 Å². The van der Waals surface area contributed by atoms with Crippen LogP contribution in [0.3, 0.4) is 0 Å². The van der Waals surface area contributed by atoms with Gasteiger partial charge in [0.1, 0.15) is 11.9 Å². The quantitative estimate of drug-likeness (QED) is 0.120. The van der Waals surface area contributed by atoms with E-state index >= 15 is 0 Å². The van der Waals surface area contributed by atoms with E-state index in [1.807, 2.05) is 11.8 Å². The molecule has 1 unspecified atom stereocenters. The summed E-state index contributed by atoms with van der Waals surface area (Å²) in [4.78, 5) is 28.0. The number of carbonyl (C=O) groups is 2. The number of amides is 2. The Bertz CT molecular complexity index is 1460. The summed E-state index contributed by atoms with van der Waals surface area (Å²) in [6.07, 6.45) is 3.44. The Labute approximate surface area is 253 Å². The summed E-state index contributed by atoms with van der Waals surface area (Å²) in [5, 5.41) is 8.52. The lowest BCUT2D eigenvalue weighted by molar-refractivity contribution is -0.118. The van der Waals surface area contributed by atoms with Crippen molar-refractivity contribution in [2.45, 2.75) is 12.0 Å². The van der Waals surface area contributed by atoms with Crippen LogP contribution < -0.4 is 21.7 Å². The lowest BCUT2D eigenvalue weighted by Gasteiger charge is -2.27. The van der Waals surface area contributed by atoms with Crippen molar-refractivity contribution in [1.29, 1.82) is 0 Å². The number of nitrogens with two attached hydrogens (primary N) is 1. The first kappa shape index (κ1) is 31.9. The van der Waals surface area contributed by atoms with Crippen molar-refractivity contribution in [3.8, 4) is 0 Å². The summed E-state index contributed by atoms with van der Waals surface area (Å²) in [5.41, 5.74) is 7.40. The zero-order valence-corrected chi connectivity index (χ0v) is 24.3. The second-order valence-electron chi connectivity index (χ2n) is 9.93. The number of carbonyl (C=O) groups excluding carboxylic acids is 2. The fourth-order valence-electron chi connectivity index (χ4n) is 4.46. The van der Waals surface area contributed by atoms with Crippen molar-refractivity contribution in [2.75, 3.05) is 54.1 Å². The SMILES string of the molecule is C=CC(F)(F)c1ccc(NC(=O)C(NCCN2CCSCC2)c2ccc(/C=C/C(=O)Nc3ccccc3N)cc2)c(F)c1. The van der Waals surface area contributed by atoms with Gasteiger partial charge in [-0.25, -0.2) is 4.39 Å². The third kappa shape index (κ3) is 8.96. The molecule has 4 rings (SSSR count). The number of nitrogens with one attached hydrogen (secondary N) is 3. The van der Waals surface area contributed by atoms with Crippen LogP contribution in [0.1, 0.15) is 22.7 Å². The van der Waals surface area contributed by atoms with Crippen LogP contribution in [-0.2, 0) is 15.5 Å². The number of hydrogen-bond donors (Lipinski definition) is 4. The van der Waals surface area contributed by atoms with Crippen molar-refractivity contribution in [1.82, 2.24) is 10.2 Å². The molecule has 11 heteroatoms. The number of hydrogen-bond acceptors (Lipinski definition) is 6. The Balaban J connectivity index is 1.46. The van der Waals surface area contributed by atoms with Crippen LogP contribution in [0.15, 0.2) is 85.5 Å². The fraction of sp³-hybridized carbons (Fsp3) is 0.250. The summed E-state index contributed by atoms with van der Waals surface area (Å²) in [7, 11) is 0. The number of anilines is 3. The molecule has 1 aliphatic rings. The van der Waals surface area contributed by atoms with Gasteiger partial charge in [0.15, 0.2) is 0 Å². The number of halogens is 3. The van der Waals surface area contributed by atoms with Gasteiger partial charge in [-0.15, -0.1) is 0 Å². The summed E-state index contributed by atoms with van der Waals surface area (Å²) in [6, 6.07) is 15.9. The number of nitrogens with zero attached hydrogens (tertiary/aromatic N) is 1. The molecule has 1 atom stereocenters. The molecule has 0 saturated carbocycles. The van der Waals surface area contributed by atoms with Gasteiger partial charge in [-0.3, -0.25) is 9.59 Å². The monoisotopic (exact) mass is 609 g/mol. The first-order valence-electron chi connectivity index (χ1n) is 13.8. The molecule has 1 heterocycles. The topological polar surface area (TPSA) is 99.5 Å². The number of nitrogen functional groups attached to an aromatic ring is 1. The Morgan fingerprint density at radius 3 is 2.42 bits per heavy atom. The van der Waals surface area contributed by atoms with Gasteiger partial charge in [0.05, 0.1) is 17.1 Å². The molecule has 226 valence electrons. The van der Waals surface area contributed by atoms with Crippen LogP contribution in [0.4, 0.5) is 30.2 Å². The normalized spacial score (nSPS) is 14.8. The minimum atomic E-state index is -3.40. The van der Waals surface area contributed by atoms with Crippen LogP contribution in [0.2, 0.25) is 0 Å². The highest BCUT2D eigenvalue weighted by atomic mass is 32.2. The molecule has 3 aromatic rings. The lowest BCUT2D eigenvalue weighted by Crippen LogP contribution is -2.41. The molecule has 0 aliphatic carbocycles. The number of thioether (sulfide) groups is 1. The van der Waals surface area contributed by atoms with Crippen LogP contribution in [0.25, 0.3) is 6.08 Å². The van der Waals surface area contributed by atoms with Crippen molar-refractivity contribution >= 4 is 46.7 Å². The average Bonchev–Trinajstić information content (AvgIpc) is 3.01. The molecule has 7 nitrogen and oxygen atoms in total. The summed E-state index contributed by atoms with van der Waals surface area (Å²) in [5.74, 6) is -3.17. The Kier molecular flexibility index (Phi) is 11.0. The average molecular weight is 610 g/mol. The van der Waals surface area contributed by atoms with Crippen LogP contribution in [0.5, 0.6) is 0 Å². The van der Waals surface area contributed by atoms with E-state index in [2.05, 4.69) is 27.4 Å². The minimum absolute atomic E-state index is 0.210. The highest BCUT2D eigenvalue weighted by molar-refractivity contribution is 7.99. The van der Waals surface area contributed by atoms with Crippen molar-refractivity contribution < 1.29 is 22.8 Å². The predicted octanol–water partition coefficient (Wildman–Crippen LogP) is 5.66. The molecular weight excluding hydrogens is 575 g/mol. The molecule has 1 saturated heterocycles. The fourth-order valence-corrected chi connectivity index (χ4v) is 5.44. The molecule has 0 bridgehead atoms. The molecule has 2 amide bonds. The molecule has 3 aromatic carbocycles. The van der Waals surface area contributed by atoms with Crippen molar-refractivity contribution in [2.24, 2.45) is 0 Å². The van der Waals surface area contributed by atoms with E-state index in [-0.39, 0.29) is 11.6 Å². The van der Waals surface area contributed by atoms with Gasteiger partial charge in [-0.1, -0.05) is 49.0 Å². The number of allylic oxidation sites excluding steroid dienone is 1. The molecule has 1 aliphatic heterocycles. The second-order valence-corrected chi connectivity index (χ2v) is 11.2. The Morgan fingerprint density at radius 1 is 1.02 bits per heavy atom. The summed E-state index contributed by atoms with van der Waals surface area (Å²) < 4.78 is 42.6. The third-order valence-corrected chi connectivity index (χ3v) is 7.87. The number of benzene rings is 3. The Morgan fingerprint density at radius 2 is 1.74 bits per heavy atom. The van der Waals surface area contributed by atoms with Crippen LogP contribution in [-0.4, -0.2) is 54.4 Å². The molecule has 5 N–H and O–H groups in total. The smallest absolute Gasteiger partial charge is 0.291 e. The minimum Gasteiger partial charge on any atom is -0.397 e. The molecular formula is C32H34F3N5O2S. The second kappa shape index (κ2) is 14.9. The molecule has 0 radical (unpaired) electrons. The maximum absolute atomic E-state index is 14.7.